The lowest BCUT2D eigenvalue weighted by molar-refractivity contribution is -0.140. The highest BCUT2D eigenvalue weighted by molar-refractivity contribution is 14.1. The molecule has 0 saturated carbocycles. The van der Waals surface area contributed by atoms with E-state index in [2.05, 4.69) is 22.6 Å². The minimum atomic E-state index is -0.706. The third-order valence-electron chi connectivity index (χ3n) is 6.05. The summed E-state index contributed by atoms with van der Waals surface area (Å²) in [6.45, 7) is 2.97. The monoisotopic (exact) mass is 583 g/mol. The topological polar surface area (TPSA) is 76.1 Å². The molecule has 4 rings (SSSR count). The van der Waals surface area contributed by atoms with Crippen LogP contribution in [0.2, 0.25) is 0 Å². The van der Waals surface area contributed by atoms with Gasteiger partial charge in [0.15, 0.2) is 0 Å². The van der Waals surface area contributed by atoms with Crippen LogP contribution in [0.3, 0.4) is 0 Å². The van der Waals surface area contributed by atoms with Gasteiger partial charge >= 0.3 is 0 Å². The molecule has 1 atom stereocenters. The van der Waals surface area contributed by atoms with Crippen LogP contribution in [0.25, 0.3) is 5.76 Å². The number of benzene rings is 3. The highest BCUT2D eigenvalue weighted by Gasteiger charge is 2.45. The van der Waals surface area contributed by atoms with Gasteiger partial charge in [-0.15, -0.1) is 0 Å². The van der Waals surface area contributed by atoms with E-state index in [-0.39, 0.29) is 24.5 Å². The van der Waals surface area contributed by atoms with Crippen molar-refractivity contribution >= 4 is 40.0 Å². The smallest absolute Gasteiger partial charge is 0.295 e. The number of carbonyl (C=O) groups excluding carboxylic acids is 2. The van der Waals surface area contributed by atoms with E-state index in [1.807, 2.05) is 55.5 Å². The highest BCUT2D eigenvalue weighted by Crippen LogP contribution is 2.39. The van der Waals surface area contributed by atoms with Crippen LogP contribution in [0, 0.1) is 10.5 Å². The zero-order valence-corrected chi connectivity index (χ0v) is 21.7. The Morgan fingerprint density at radius 2 is 1.69 bits per heavy atom. The zero-order chi connectivity index (χ0) is 24.9. The molecule has 0 spiro atoms. The Bertz CT molecular complexity index is 1250. The van der Waals surface area contributed by atoms with Crippen molar-refractivity contribution in [2.75, 3.05) is 20.3 Å². The predicted octanol–water partition coefficient (Wildman–Crippen LogP) is 5.25. The number of nitrogens with zero attached hydrogens (tertiary/aromatic N) is 1. The maximum atomic E-state index is 13.0. The van der Waals surface area contributed by atoms with Crippen LogP contribution in [-0.4, -0.2) is 42.0 Å². The fourth-order valence-electron chi connectivity index (χ4n) is 4.09. The third kappa shape index (κ3) is 5.41. The first-order chi connectivity index (χ1) is 16.9. The number of hydrogen-bond acceptors (Lipinski definition) is 5. The van der Waals surface area contributed by atoms with E-state index in [9.17, 15) is 14.7 Å². The molecule has 1 heterocycles. The van der Waals surface area contributed by atoms with Gasteiger partial charge in [-0.25, -0.2) is 0 Å². The van der Waals surface area contributed by atoms with Gasteiger partial charge in [0.05, 0.1) is 18.2 Å². The SMILES string of the molecule is COCCN1C(=O)C(=O)C(=C(O)c2ccc(OCc3ccccc3C)cc2)C1c1ccc(I)cc1. The lowest BCUT2D eigenvalue weighted by atomic mass is 9.95. The number of ketones is 1. The van der Waals surface area contributed by atoms with Crippen molar-refractivity contribution in [3.05, 3.63) is 104 Å². The number of carbonyl (C=O) groups is 2. The van der Waals surface area contributed by atoms with Crippen LogP contribution in [0.4, 0.5) is 0 Å². The lowest BCUT2D eigenvalue weighted by Crippen LogP contribution is -2.32. The van der Waals surface area contributed by atoms with Gasteiger partial charge in [-0.3, -0.25) is 9.59 Å². The summed E-state index contributed by atoms with van der Waals surface area (Å²) in [6.07, 6.45) is 0. The summed E-state index contributed by atoms with van der Waals surface area (Å²) >= 11 is 2.20. The number of aliphatic hydroxyl groups is 1. The minimum Gasteiger partial charge on any atom is -0.507 e. The fraction of sp³-hybridized carbons (Fsp3) is 0.214. The molecule has 0 bridgehead atoms. The Kier molecular flexibility index (Phi) is 7.87. The molecule has 180 valence electrons. The third-order valence-corrected chi connectivity index (χ3v) is 6.76. The zero-order valence-electron chi connectivity index (χ0n) is 19.5. The summed E-state index contributed by atoms with van der Waals surface area (Å²) in [7, 11) is 1.54. The van der Waals surface area contributed by atoms with E-state index < -0.39 is 17.7 Å². The molecule has 3 aromatic carbocycles. The molecule has 1 unspecified atom stereocenters. The number of rotatable bonds is 8. The highest BCUT2D eigenvalue weighted by atomic mass is 127. The van der Waals surface area contributed by atoms with Gasteiger partial charge in [0.25, 0.3) is 11.7 Å². The van der Waals surface area contributed by atoms with Crippen LogP contribution in [0.5, 0.6) is 5.75 Å². The normalized spacial score (nSPS) is 17.1. The molecule has 1 aliphatic rings. The lowest BCUT2D eigenvalue weighted by Gasteiger charge is -2.25. The number of Topliss-reactive ketones (excluding diaryl/α,β-unsaturated/α-hetero) is 1. The average Bonchev–Trinajstić information content (AvgIpc) is 3.12. The first-order valence-electron chi connectivity index (χ1n) is 11.2. The standard InChI is InChI=1S/C28H26INO5/c1-18-5-3-4-6-21(18)17-35-23-13-9-20(10-14-23)26(31)24-25(19-7-11-22(29)12-8-19)30(15-16-34-2)28(33)27(24)32/h3-14,25,31H,15-17H2,1-2H3. The molecular weight excluding hydrogens is 557 g/mol. The van der Waals surface area contributed by atoms with Crippen molar-refractivity contribution in [2.24, 2.45) is 0 Å². The Morgan fingerprint density at radius 3 is 2.34 bits per heavy atom. The number of methoxy groups -OCH3 is 1. The maximum Gasteiger partial charge on any atom is 0.295 e. The van der Waals surface area contributed by atoms with Crippen molar-refractivity contribution < 1.29 is 24.2 Å². The van der Waals surface area contributed by atoms with Gasteiger partial charge in [0.1, 0.15) is 18.1 Å². The van der Waals surface area contributed by atoms with Gasteiger partial charge in [-0.05, 0) is 82.6 Å². The molecule has 1 N–H and O–H groups in total. The largest absolute Gasteiger partial charge is 0.507 e. The molecule has 1 aliphatic heterocycles. The summed E-state index contributed by atoms with van der Waals surface area (Å²) in [5, 5.41) is 11.2. The summed E-state index contributed by atoms with van der Waals surface area (Å²) in [5.41, 5.74) is 3.50. The van der Waals surface area contributed by atoms with E-state index in [0.29, 0.717) is 17.9 Å². The molecule has 1 saturated heterocycles. The van der Waals surface area contributed by atoms with E-state index in [4.69, 9.17) is 9.47 Å². The summed E-state index contributed by atoms with van der Waals surface area (Å²) in [4.78, 5) is 27.3. The number of hydrogen-bond donors (Lipinski definition) is 1. The number of amides is 1. The van der Waals surface area contributed by atoms with Crippen LogP contribution in [-0.2, 0) is 20.9 Å². The van der Waals surface area contributed by atoms with Crippen molar-refractivity contribution in [3.8, 4) is 5.75 Å². The molecule has 0 radical (unpaired) electrons. The van der Waals surface area contributed by atoms with E-state index in [1.165, 1.54) is 4.90 Å². The van der Waals surface area contributed by atoms with E-state index >= 15 is 0 Å². The number of aliphatic hydroxyl groups excluding tert-OH is 1. The second-order valence-corrected chi connectivity index (χ2v) is 9.52. The molecule has 6 nitrogen and oxygen atoms in total. The minimum absolute atomic E-state index is 0.0703. The molecule has 1 fully saturated rings. The molecule has 1 amide bonds. The second kappa shape index (κ2) is 11.0. The molecule has 0 aromatic heterocycles. The summed E-state index contributed by atoms with van der Waals surface area (Å²) < 4.78 is 12.1. The van der Waals surface area contributed by atoms with Crippen molar-refractivity contribution in [3.63, 3.8) is 0 Å². The van der Waals surface area contributed by atoms with Crippen molar-refractivity contribution in [1.82, 2.24) is 4.90 Å². The van der Waals surface area contributed by atoms with Crippen molar-refractivity contribution in [2.45, 2.75) is 19.6 Å². The van der Waals surface area contributed by atoms with Crippen LogP contribution < -0.4 is 4.74 Å². The quantitative estimate of drug-likeness (QED) is 0.170. The Labute approximate surface area is 218 Å². The Morgan fingerprint density at radius 1 is 1.00 bits per heavy atom. The molecule has 35 heavy (non-hydrogen) atoms. The van der Waals surface area contributed by atoms with Gasteiger partial charge in [0.2, 0.25) is 0 Å². The van der Waals surface area contributed by atoms with Gasteiger partial charge in [0, 0.05) is 22.8 Å². The molecule has 0 aliphatic carbocycles. The number of ether oxygens (including phenoxy) is 2. The summed E-state index contributed by atoms with van der Waals surface area (Å²) in [5.74, 6) is -0.927. The van der Waals surface area contributed by atoms with Gasteiger partial charge in [-0.2, -0.15) is 0 Å². The van der Waals surface area contributed by atoms with Crippen LogP contribution >= 0.6 is 22.6 Å². The first kappa shape index (κ1) is 24.9. The number of aryl methyl sites for hydroxylation is 1. The van der Waals surface area contributed by atoms with Gasteiger partial charge < -0.3 is 19.5 Å². The Hall–Kier alpha value is -3.17. The predicted molar refractivity (Wildman–Crippen MR) is 142 cm³/mol. The van der Waals surface area contributed by atoms with Gasteiger partial charge in [-0.1, -0.05) is 36.4 Å². The fourth-order valence-corrected chi connectivity index (χ4v) is 4.45. The van der Waals surface area contributed by atoms with E-state index in [0.717, 1.165) is 20.3 Å². The van der Waals surface area contributed by atoms with Crippen molar-refractivity contribution in [1.29, 1.82) is 0 Å². The molecule has 7 heteroatoms. The first-order valence-corrected chi connectivity index (χ1v) is 12.3. The second-order valence-electron chi connectivity index (χ2n) is 8.28. The molecular formula is C28H26INO5. The maximum absolute atomic E-state index is 13.0. The number of likely N-dealkylation sites (tertiary alicyclic amines) is 1. The van der Waals surface area contributed by atoms with Crippen LogP contribution in [0.1, 0.15) is 28.3 Å². The van der Waals surface area contributed by atoms with Crippen LogP contribution in [0.15, 0.2) is 78.4 Å². The number of halogens is 1. The molecule has 3 aromatic rings. The Balaban J connectivity index is 1.64. The summed E-state index contributed by atoms with van der Waals surface area (Å²) in [6, 6.07) is 21.7. The average molecular weight is 583 g/mol. The van der Waals surface area contributed by atoms with E-state index in [1.54, 1.807) is 31.4 Å².